The number of imide groups is 1. The van der Waals surface area contributed by atoms with Crippen LogP contribution in [-0.4, -0.2) is 25.7 Å². The van der Waals surface area contributed by atoms with Crippen LogP contribution in [0.2, 0.25) is 10.0 Å². The standard InChI is InChI=1S/C21H12Cl2N4O2S2/c22-14-6-16-17(7-15(14)23)27(8-13-9-30-10-24-13)19(25-16)12-3-1-11(2-4-12)5-18-20(28)26-21(29)31-18/h1-7,9-10H,8H2,(H,26,28,29)/b18-5+. The molecule has 0 aliphatic carbocycles. The fraction of sp³-hybridized carbons (Fsp3) is 0.0476. The lowest BCUT2D eigenvalue weighted by Crippen LogP contribution is -2.17. The number of amides is 2. The Kier molecular flexibility index (Phi) is 5.31. The van der Waals surface area contributed by atoms with Crippen LogP contribution in [-0.2, 0) is 11.3 Å². The van der Waals surface area contributed by atoms with E-state index < -0.39 is 0 Å². The van der Waals surface area contributed by atoms with Gasteiger partial charge in [-0.3, -0.25) is 14.9 Å². The van der Waals surface area contributed by atoms with Crippen LogP contribution in [0.1, 0.15) is 11.3 Å². The van der Waals surface area contributed by atoms with E-state index in [2.05, 4.69) is 14.9 Å². The van der Waals surface area contributed by atoms with Crippen molar-refractivity contribution in [3.63, 3.8) is 0 Å². The second-order valence-electron chi connectivity index (χ2n) is 6.73. The van der Waals surface area contributed by atoms with Gasteiger partial charge in [0, 0.05) is 10.9 Å². The third-order valence-electron chi connectivity index (χ3n) is 4.70. The predicted octanol–water partition coefficient (Wildman–Crippen LogP) is 5.84. The predicted molar refractivity (Wildman–Crippen MR) is 126 cm³/mol. The summed E-state index contributed by atoms with van der Waals surface area (Å²) in [6.45, 7) is 0.540. The molecule has 3 heterocycles. The summed E-state index contributed by atoms with van der Waals surface area (Å²) in [5, 5.41) is 4.80. The Bertz CT molecular complexity index is 1360. The summed E-state index contributed by atoms with van der Waals surface area (Å²) in [5.41, 5.74) is 6.02. The number of benzene rings is 2. The van der Waals surface area contributed by atoms with Crippen molar-refractivity contribution in [3.8, 4) is 11.4 Å². The highest BCUT2D eigenvalue weighted by atomic mass is 35.5. The number of nitrogens with zero attached hydrogens (tertiary/aromatic N) is 3. The molecule has 1 aliphatic rings. The minimum absolute atomic E-state index is 0.360. The van der Waals surface area contributed by atoms with E-state index in [4.69, 9.17) is 28.2 Å². The number of thioether (sulfide) groups is 1. The molecule has 1 aliphatic heterocycles. The van der Waals surface area contributed by atoms with E-state index in [1.807, 2.05) is 35.7 Å². The summed E-state index contributed by atoms with van der Waals surface area (Å²) >= 11 is 14.9. The second-order valence-corrected chi connectivity index (χ2v) is 9.28. The van der Waals surface area contributed by atoms with Crippen LogP contribution < -0.4 is 5.32 Å². The molecular formula is C21H12Cl2N4O2S2. The van der Waals surface area contributed by atoms with Crippen LogP contribution in [0.25, 0.3) is 28.5 Å². The lowest BCUT2D eigenvalue weighted by Gasteiger charge is -2.09. The van der Waals surface area contributed by atoms with E-state index in [1.54, 1.807) is 17.7 Å². The first-order valence-corrected chi connectivity index (χ1v) is 11.6. The zero-order valence-electron chi connectivity index (χ0n) is 15.6. The van der Waals surface area contributed by atoms with Crippen LogP contribution in [0, 0.1) is 0 Å². The van der Waals surface area contributed by atoms with E-state index in [0.717, 1.165) is 45.4 Å². The number of hydrogen-bond acceptors (Lipinski definition) is 6. The van der Waals surface area contributed by atoms with Crippen molar-refractivity contribution in [2.45, 2.75) is 6.54 Å². The zero-order valence-corrected chi connectivity index (χ0v) is 18.8. The number of aromatic nitrogens is 3. The van der Waals surface area contributed by atoms with E-state index in [-0.39, 0.29) is 11.1 Å². The number of rotatable bonds is 4. The molecule has 31 heavy (non-hydrogen) atoms. The number of thiazole rings is 1. The summed E-state index contributed by atoms with van der Waals surface area (Å²) < 4.78 is 2.05. The summed E-state index contributed by atoms with van der Waals surface area (Å²) in [5.74, 6) is 0.376. The molecule has 1 fully saturated rings. The van der Waals surface area contributed by atoms with Gasteiger partial charge in [0.2, 0.25) is 0 Å². The van der Waals surface area contributed by atoms with Crippen LogP contribution in [0.3, 0.4) is 0 Å². The van der Waals surface area contributed by atoms with Gasteiger partial charge in [-0.15, -0.1) is 11.3 Å². The van der Waals surface area contributed by atoms with Gasteiger partial charge in [-0.2, -0.15) is 0 Å². The number of carbonyl (C=O) groups is 2. The van der Waals surface area contributed by atoms with E-state index in [0.29, 0.717) is 21.5 Å². The molecular weight excluding hydrogens is 475 g/mol. The fourth-order valence-electron chi connectivity index (χ4n) is 3.28. The van der Waals surface area contributed by atoms with Gasteiger partial charge in [0.1, 0.15) is 5.82 Å². The Hall–Kier alpha value is -2.65. The third-order valence-corrected chi connectivity index (χ3v) is 6.87. The Morgan fingerprint density at radius 3 is 2.55 bits per heavy atom. The highest BCUT2D eigenvalue weighted by Gasteiger charge is 2.25. The molecule has 10 heteroatoms. The van der Waals surface area contributed by atoms with E-state index >= 15 is 0 Å². The highest BCUT2D eigenvalue weighted by molar-refractivity contribution is 8.18. The average molecular weight is 487 g/mol. The smallest absolute Gasteiger partial charge is 0.290 e. The summed E-state index contributed by atoms with van der Waals surface area (Å²) in [7, 11) is 0. The number of fused-ring (bicyclic) bond motifs is 1. The van der Waals surface area contributed by atoms with Gasteiger partial charge in [-0.1, -0.05) is 47.5 Å². The van der Waals surface area contributed by atoms with Crippen molar-refractivity contribution in [2.24, 2.45) is 0 Å². The number of imidazole rings is 1. The molecule has 0 bridgehead atoms. The van der Waals surface area contributed by atoms with Gasteiger partial charge in [-0.05, 0) is 35.5 Å². The Labute approximate surface area is 194 Å². The van der Waals surface area contributed by atoms with Crippen LogP contribution >= 0.6 is 46.3 Å². The molecule has 1 N–H and O–H groups in total. The lowest BCUT2D eigenvalue weighted by molar-refractivity contribution is -0.115. The fourth-order valence-corrected chi connectivity index (χ4v) is 4.83. The molecule has 4 aromatic rings. The molecule has 0 saturated carbocycles. The summed E-state index contributed by atoms with van der Waals surface area (Å²) in [4.78, 5) is 32.7. The number of nitrogens with one attached hydrogen (secondary N) is 1. The van der Waals surface area contributed by atoms with Crippen molar-refractivity contribution in [3.05, 3.63) is 73.5 Å². The van der Waals surface area contributed by atoms with Gasteiger partial charge < -0.3 is 4.57 Å². The first-order chi connectivity index (χ1) is 15.0. The van der Waals surface area contributed by atoms with Crippen molar-refractivity contribution < 1.29 is 9.59 Å². The summed E-state index contributed by atoms with van der Waals surface area (Å²) in [6.07, 6.45) is 1.69. The maximum atomic E-state index is 11.8. The molecule has 1 saturated heterocycles. The number of halogens is 2. The highest BCUT2D eigenvalue weighted by Crippen LogP contribution is 2.32. The molecule has 0 spiro atoms. The molecule has 2 aromatic heterocycles. The molecule has 0 radical (unpaired) electrons. The molecule has 2 aromatic carbocycles. The van der Waals surface area contributed by atoms with Crippen LogP contribution in [0.15, 0.2) is 52.2 Å². The molecule has 154 valence electrons. The van der Waals surface area contributed by atoms with Crippen molar-refractivity contribution >= 4 is 74.6 Å². The van der Waals surface area contributed by atoms with Gasteiger partial charge in [-0.25, -0.2) is 9.97 Å². The van der Waals surface area contributed by atoms with Gasteiger partial charge in [0.05, 0.1) is 43.7 Å². The number of hydrogen-bond donors (Lipinski definition) is 1. The monoisotopic (exact) mass is 486 g/mol. The largest absolute Gasteiger partial charge is 0.318 e. The van der Waals surface area contributed by atoms with Gasteiger partial charge in [0.25, 0.3) is 11.1 Å². The van der Waals surface area contributed by atoms with Gasteiger partial charge in [0.15, 0.2) is 0 Å². The first kappa shape index (κ1) is 20.3. The van der Waals surface area contributed by atoms with E-state index in [9.17, 15) is 9.59 Å². The van der Waals surface area contributed by atoms with Crippen LogP contribution in [0.4, 0.5) is 4.79 Å². The first-order valence-electron chi connectivity index (χ1n) is 9.05. The second kappa shape index (κ2) is 8.12. The van der Waals surface area contributed by atoms with Gasteiger partial charge >= 0.3 is 0 Å². The topological polar surface area (TPSA) is 76.9 Å². The minimum atomic E-state index is -0.377. The molecule has 6 nitrogen and oxygen atoms in total. The Balaban J connectivity index is 1.57. The van der Waals surface area contributed by atoms with Crippen molar-refractivity contribution in [1.29, 1.82) is 0 Å². The maximum absolute atomic E-state index is 11.8. The normalized spacial score (nSPS) is 15.2. The molecule has 5 rings (SSSR count). The quantitative estimate of drug-likeness (QED) is 0.366. The third kappa shape index (κ3) is 3.99. The number of carbonyl (C=O) groups excluding carboxylic acids is 2. The lowest BCUT2D eigenvalue weighted by atomic mass is 10.1. The molecule has 2 amide bonds. The Morgan fingerprint density at radius 1 is 1.10 bits per heavy atom. The maximum Gasteiger partial charge on any atom is 0.290 e. The zero-order chi connectivity index (χ0) is 21.5. The molecule has 0 unspecified atom stereocenters. The van der Waals surface area contributed by atoms with Crippen molar-refractivity contribution in [2.75, 3.05) is 0 Å². The average Bonchev–Trinajstić information content (AvgIpc) is 3.45. The summed E-state index contributed by atoms with van der Waals surface area (Å²) in [6, 6.07) is 11.2. The Morgan fingerprint density at radius 2 is 1.87 bits per heavy atom. The van der Waals surface area contributed by atoms with E-state index in [1.165, 1.54) is 11.3 Å². The molecule has 0 atom stereocenters. The van der Waals surface area contributed by atoms with Crippen LogP contribution in [0.5, 0.6) is 0 Å². The van der Waals surface area contributed by atoms with Crippen molar-refractivity contribution in [1.82, 2.24) is 19.9 Å². The minimum Gasteiger partial charge on any atom is -0.318 e. The SMILES string of the molecule is O=C1NC(=O)/C(=C\c2ccc(-c3nc4cc(Cl)c(Cl)cc4n3Cc3cscn3)cc2)S1.